The van der Waals surface area contributed by atoms with Gasteiger partial charge in [-0.25, -0.2) is 4.98 Å². The smallest absolute Gasteiger partial charge is 0.241 e. The van der Waals surface area contributed by atoms with Gasteiger partial charge < -0.3 is 20.4 Å². The largest absolute Gasteiger partial charge is 0.491 e. The summed E-state index contributed by atoms with van der Waals surface area (Å²) in [5.41, 5.74) is 8.74. The van der Waals surface area contributed by atoms with Gasteiger partial charge in [0.05, 0.1) is 24.2 Å². The zero-order valence-electron chi connectivity index (χ0n) is 17.0. The van der Waals surface area contributed by atoms with E-state index in [2.05, 4.69) is 22.4 Å². The molecule has 0 spiro atoms. The van der Waals surface area contributed by atoms with Crippen LogP contribution in [0.3, 0.4) is 0 Å². The van der Waals surface area contributed by atoms with E-state index >= 15 is 0 Å². The number of ether oxygens (including phenoxy) is 1. The van der Waals surface area contributed by atoms with E-state index in [9.17, 15) is 4.79 Å². The molecule has 30 heavy (non-hydrogen) atoms. The molecule has 0 aliphatic rings. The third-order valence-electron chi connectivity index (χ3n) is 4.15. The minimum Gasteiger partial charge on any atom is -0.491 e. The Morgan fingerprint density at radius 3 is 2.40 bits per heavy atom. The summed E-state index contributed by atoms with van der Waals surface area (Å²) in [6.07, 6.45) is 4.18. The Morgan fingerprint density at radius 1 is 1.10 bits per heavy atom. The Bertz CT molecular complexity index is 899. The number of aromatic nitrogens is 2. The highest BCUT2D eigenvalue weighted by atomic mass is 35.5. The van der Waals surface area contributed by atoms with Gasteiger partial charge in [0.2, 0.25) is 5.91 Å². The van der Waals surface area contributed by atoms with E-state index in [1.54, 1.807) is 18.5 Å². The number of hydrogen-bond acceptors (Lipinski definition) is 4. The van der Waals surface area contributed by atoms with Crippen LogP contribution in [0.15, 0.2) is 67.1 Å². The van der Waals surface area contributed by atoms with Gasteiger partial charge in [0.1, 0.15) is 5.75 Å². The van der Waals surface area contributed by atoms with Crippen molar-refractivity contribution >= 4 is 36.4 Å². The van der Waals surface area contributed by atoms with Gasteiger partial charge in [-0.15, -0.1) is 24.8 Å². The zero-order valence-corrected chi connectivity index (χ0v) is 18.7. The fourth-order valence-corrected chi connectivity index (χ4v) is 2.83. The van der Waals surface area contributed by atoms with Crippen LogP contribution in [0.5, 0.6) is 5.75 Å². The van der Waals surface area contributed by atoms with Gasteiger partial charge in [-0.2, -0.15) is 0 Å². The predicted molar refractivity (Wildman–Crippen MR) is 125 cm³/mol. The summed E-state index contributed by atoms with van der Waals surface area (Å²) in [6, 6.07) is 16.7. The number of nitrogens with two attached hydrogens (primary N) is 1. The standard InChI is InChI=1S/C22H26N4O2.2ClH/c1-16(2)28-20-10-8-18(9-11-20)25-22(27)21(23)12-19-14-26(15-24-19)13-17-6-4-3-5-7-17;;/h3-11,14-16,21H,12-13,23H2,1-2H3,(H,25,27);2*1H/t21-;;/m0../s1. The molecular formula is C22H28Cl2N4O2. The number of carbonyl (C=O) groups is 1. The summed E-state index contributed by atoms with van der Waals surface area (Å²) < 4.78 is 7.59. The number of rotatable bonds is 8. The molecule has 1 amide bonds. The van der Waals surface area contributed by atoms with E-state index in [0.29, 0.717) is 12.1 Å². The molecule has 8 heteroatoms. The molecule has 0 unspecified atom stereocenters. The first-order valence-corrected chi connectivity index (χ1v) is 9.37. The van der Waals surface area contributed by atoms with Crippen molar-refractivity contribution in [2.75, 3.05) is 5.32 Å². The maximum atomic E-state index is 12.4. The molecular weight excluding hydrogens is 423 g/mol. The highest BCUT2D eigenvalue weighted by Crippen LogP contribution is 2.17. The lowest BCUT2D eigenvalue weighted by Gasteiger charge is -2.13. The maximum absolute atomic E-state index is 12.4. The number of imidazole rings is 1. The molecule has 1 aromatic heterocycles. The first-order valence-electron chi connectivity index (χ1n) is 9.37. The topological polar surface area (TPSA) is 82.2 Å². The number of halogens is 2. The van der Waals surface area contributed by atoms with Gasteiger partial charge >= 0.3 is 0 Å². The number of carbonyl (C=O) groups excluding carboxylic acids is 1. The highest BCUT2D eigenvalue weighted by Gasteiger charge is 2.16. The van der Waals surface area contributed by atoms with Crippen molar-refractivity contribution < 1.29 is 9.53 Å². The molecule has 3 rings (SSSR count). The van der Waals surface area contributed by atoms with Crippen molar-refractivity contribution in [1.82, 2.24) is 9.55 Å². The van der Waals surface area contributed by atoms with E-state index in [0.717, 1.165) is 18.0 Å². The molecule has 0 saturated carbocycles. The Morgan fingerprint density at radius 2 is 1.77 bits per heavy atom. The fraction of sp³-hybridized carbons (Fsp3) is 0.273. The second-order valence-corrected chi connectivity index (χ2v) is 7.01. The number of nitrogens with zero attached hydrogens (tertiary/aromatic N) is 2. The number of anilines is 1. The van der Waals surface area contributed by atoms with Crippen LogP contribution in [0.2, 0.25) is 0 Å². The van der Waals surface area contributed by atoms with Crippen molar-refractivity contribution in [1.29, 1.82) is 0 Å². The lowest BCUT2D eigenvalue weighted by atomic mass is 10.1. The molecule has 1 heterocycles. The Kier molecular flexibility index (Phi) is 10.4. The van der Waals surface area contributed by atoms with Crippen LogP contribution in [-0.4, -0.2) is 27.6 Å². The van der Waals surface area contributed by atoms with Crippen LogP contribution < -0.4 is 15.8 Å². The molecule has 162 valence electrons. The monoisotopic (exact) mass is 450 g/mol. The van der Waals surface area contributed by atoms with E-state index < -0.39 is 6.04 Å². The number of amides is 1. The first kappa shape index (κ1) is 25.5. The highest BCUT2D eigenvalue weighted by molar-refractivity contribution is 5.94. The number of nitrogens with one attached hydrogen (secondary N) is 1. The lowest BCUT2D eigenvalue weighted by molar-refractivity contribution is -0.117. The average molecular weight is 451 g/mol. The zero-order chi connectivity index (χ0) is 19.9. The molecule has 2 aromatic carbocycles. The summed E-state index contributed by atoms with van der Waals surface area (Å²) in [5, 5.41) is 2.84. The average Bonchev–Trinajstić information content (AvgIpc) is 3.10. The summed E-state index contributed by atoms with van der Waals surface area (Å²) in [5.74, 6) is 0.524. The minimum absolute atomic E-state index is 0. The number of benzene rings is 2. The van der Waals surface area contributed by atoms with E-state index in [-0.39, 0.29) is 36.8 Å². The second kappa shape index (κ2) is 12.2. The van der Waals surface area contributed by atoms with Gasteiger partial charge in [-0.1, -0.05) is 30.3 Å². The van der Waals surface area contributed by atoms with Crippen LogP contribution in [0.1, 0.15) is 25.1 Å². The second-order valence-electron chi connectivity index (χ2n) is 7.01. The molecule has 0 aliphatic carbocycles. The number of hydrogen-bond donors (Lipinski definition) is 2. The Hall–Kier alpha value is -2.54. The van der Waals surface area contributed by atoms with Crippen molar-refractivity contribution in [3.8, 4) is 5.75 Å². The summed E-state index contributed by atoms with van der Waals surface area (Å²) in [4.78, 5) is 16.7. The van der Waals surface area contributed by atoms with Crippen molar-refractivity contribution in [3.05, 3.63) is 78.4 Å². The molecule has 3 N–H and O–H groups in total. The normalized spacial score (nSPS) is 11.2. The van der Waals surface area contributed by atoms with Crippen molar-refractivity contribution in [2.24, 2.45) is 5.73 Å². The molecule has 0 aliphatic heterocycles. The van der Waals surface area contributed by atoms with Gasteiger partial charge in [0.15, 0.2) is 0 Å². The molecule has 0 saturated heterocycles. The molecule has 1 atom stereocenters. The lowest BCUT2D eigenvalue weighted by Crippen LogP contribution is -2.37. The molecule has 0 radical (unpaired) electrons. The van der Waals surface area contributed by atoms with E-state index in [1.165, 1.54) is 5.56 Å². The van der Waals surface area contributed by atoms with Crippen LogP contribution >= 0.6 is 24.8 Å². The van der Waals surface area contributed by atoms with Crippen LogP contribution in [0, 0.1) is 0 Å². The fourth-order valence-electron chi connectivity index (χ4n) is 2.83. The van der Waals surface area contributed by atoms with Gasteiger partial charge in [-0.05, 0) is 43.7 Å². The molecule has 0 bridgehead atoms. The van der Waals surface area contributed by atoms with Gasteiger partial charge in [0, 0.05) is 24.8 Å². The summed E-state index contributed by atoms with van der Waals surface area (Å²) in [7, 11) is 0. The minimum atomic E-state index is -0.674. The van der Waals surface area contributed by atoms with Crippen LogP contribution in [0.4, 0.5) is 5.69 Å². The van der Waals surface area contributed by atoms with Crippen molar-refractivity contribution in [3.63, 3.8) is 0 Å². The molecule has 3 aromatic rings. The summed E-state index contributed by atoms with van der Waals surface area (Å²) >= 11 is 0. The first-order chi connectivity index (χ1) is 13.5. The van der Waals surface area contributed by atoms with E-state index in [4.69, 9.17) is 10.5 Å². The predicted octanol–water partition coefficient (Wildman–Crippen LogP) is 4.07. The van der Waals surface area contributed by atoms with Gasteiger partial charge in [-0.3, -0.25) is 4.79 Å². The Balaban J connectivity index is 0.00000225. The third kappa shape index (κ3) is 7.71. The van der Waals surface area contributed by atoms with Gasteiger partial charge in [0.25, 0.3) is 0 Å². The third-order valence-corrected chi connectivity index (χ3v) is 4.15. The van der Waals surface area contributed by atoms with Crippen LogP contribution in [0.25, 0.3) is 0 Å². The van der Waals surface area contributed by atoms with Crippen molar-refractivity contribution in [2.45, 2.75) is 39.0 Å². The molecule has 6 nitrogen and oxygen atoms in total. The maximum Gasteiger partial charge on any atom is 0.241 e. The SMILES string of the molecule is CC(C)Oc1ccc(NC(=O)[C@@H](N)Cc2cn(Cc3ccccc3)cn2)cc1.Cl.Cl. The quantitative estimate of drug-likeness (QED) is 0.541. The van der Waals surface area contributed by atoms with Crippen LogP contribution in [-0.2, 0) is 17.8 Å². The Labute approximate surface area is 189 Å². The molecule has 0 fully saturated rings. The summed E-state index contributed by atoms with van der Waals surface area (Å²) in [6.45, 7) is 4.67. The van der Waals surface area contributed by atoms with E-state index in [1.807, 2.05) is 54.9 Å².